The van der Waals surface area contributed by atoms with Gasteiger partial charge in [0.2, 0.25) is 5.91 Å². The summed E-state index contributed by atoms with van der Waals surface area (Å²) in [4.78, 5) is 12.8. The molecule has 66 valence electrons. The minimum Gasteiger partial charge on any atom is -0.343 e. The van der Waals surface area contributed by atoms with Gasteiger partial charge in [-0.05, 0) is 12.8 Å². The Morgan fingerprint density at radius 3 is 2.45 bits per heavy atom. The molecule has 0 atom stereocenters. The lowest BCUT2D eigenvalue weighted by atomic mass is 10.3. The van der Waals surface area contributed by atoms with Crippen LogP contribution in [0.1, 0.15) is 26.7 Å². The van der Waals surface area contributed by atoms with Gasteiger partial charge in [-0.3, -0.25) is 4.79 Å². The molecule has 0 aliphatic rings. The van der Waals surface area contributed by atoms with Crippen LogP contribution in [0.3, 0.4) is 0 Å². The van der Waals surface area contributed by atoms with E-state index in [1.807, 2.05) is 4.90 Å². The van der Waals surface area contributed by atoms with E-state index in [9.17, 15) is 4.79 Å². The van der Waals surface area contributed by atoms with Crippen LogP contribution in [-0.2, 0) is 4.79 Å². The summed E-state index contributed by atoms with van der Waals surface area (Å²) >= 11 is 5.51. The molecule has 0 aromatic rings. The van der Waals surface area contributed by atoms with Crippen LogP contribution >= 0.6 is 11.6 Å². The molecule has 1 amide bonds. The van der Waals surface area contributed by atoms with Gasteiger partial charge < -0.3 is 4.90 Å². The fourth-order valence-electron chi connectivity index (χ4n) is 0.947. The zero-order valence-electron chi connectivity index (χ0n) is 7.27. The minimum absolute atomic E-state index is 0.150. The minimum atomic E-state index is 0.150. The van der Waals surface area contributed by atoms with Crippen LogP contribution in [0.4, 0.5) is 0 Å². The van der Waals surface area contributed by atoms with Crippen molar-refractivity contribution in [3.63, 3.8) is 0 Å². The molecule has 0 rings (SSSR count). The highest BCUT2D eigenvalue weighted by Gasteiger charge is 2.04. The Kier molecular flexibility index (Phi) is 6.33. The van der Waals surface area contributed by atoms with Crippen LogP contribution in [0, 0.1) is 0 Å². The molecule has 0 saturated heterocycles. The molecule has 0 aliphatic carbocycles. The van der Waals surface area contributed by atoms with E-state index in [0.717, 1.165) is 25.9 Å². The van der Waals surface area contributed by atoms with E-state index in [0.29, 0.717) is 5.88 Å². The highest BCUT2D eigenvalue weighted by Crippen LogP contribution is 1.95. The molecule has 0 N–H and O–H groups in total. The highest BCUT2D eigenvalue weighted by atomic mass is 35.5. The van der Waals surface area contributed by atoms with Gasteiger partial charge >= 0.3 is 0 Å². The summed E-state index contributed by atoms with van der Waals surface area (Å²) in [6.07, 6.45) is 1.91. The van der Waals surface area contributed by atoms with Gasteiger partial charge in [-0.25, -0.2) is 0 Å². The van der Waals surface area contributed by atoms with Crippen molar-refractivity contribution in [2.24, 2.45) is 0 Å². The van der Waals surface area contributed by atoms with Gasteiger partial charge in [0, 0.05) is 25.9 Å². The predicted octanol–water partition coefficient (Wildman–Crippen LogP) is 1.87. The summed E-state index contributed by atoms with van der Waals surface area (Å²) in [7, 11) is 0. The number of hydrogen-bond acceptors (Lipinski definition) is 1. The second kappa shape index (κ2) is 6.47. The molecule has 11 heavy (non-hydrogen) atoms. The standard InChI is InChI=1S/C8H16ClNO/c1-3-6-10(8(2)11)7-4-5-9/h3-7H2,1-2H3. The normalized spacial score (nSPS) is 9.73. The van der Waals surface area contributed by atoms with Crippen LogP contribution in [0.5, 0.6) is 0 Å². The average molecular weight is 178 g/mol. The van der Waals surface area contributed by atoms with E-state index >= 15 is 0 Å². The summed E-state index contributed by atoms with van der Waals surface area (Å²) < 4.78 is 0. The quantitative estimate of drug-likeness (QED) is 0.588. The summed E-state index contributed by atoms with van der Waals surface area (Å²) in [6, 6.07) is 0. The van der Waals surface area contributed by atoms with Gasteiger partial charge in [0.1, 0.15) is 0 Å². The lowest BCUT2D eigenvalue weighted by Crippen LogP contribution is -2.30. The smallest absolute Gasteiger partial charge is 0.219 e. The molecule has 0 aliphatic heterocycles. The van der Waals surface area contributed by atoms with E-state index in [2.05, 4.69) is 6.92 Å². The zero-order chi connectivity index (χ0) is 8.69. The average Bonchev–Trinajstić information content (AvgIpc) is 1.97. The monoisotopic (exact) mass is 177 g/mol. The van der Waals surface area contributed by atoms with Gasteiger partial charge in [0.15, 0.2) is 0 Å². The van der Waals surface area contributed by atoms with E-state index in [4.69, 9.17) is 11.6 Å². The summed E-state index contributed by atoms with van der Waals surface area (Å²) in [5.41, 5.74) is 0. The van der Waals surface area contributed by atoms with E-state index in [1.54, 1.807) is 6.92 Å². The Morgan fingerprint density at radius 2 is 2.09 bits per heavy atom. The maximum absolute atomic E-state index is 10.9. The lowest BCUT2D eigenvalue weighted by Gasteiger charge is -2.19. The number of alkyl halides is 1. The molecule has 0 bridgehead atoms. The molecule has 0 unspecified atom stereocenters. The third kappa shape index (κ3) is 5.08. The number of carbonyl (C=O) groups is 1. The first-order chi connectivity index (χ1) is 5.22. The maximum Gasteiger partial charge on any atom is 0.219 e. The Balaban J connectivity index is 3.60. The largest absolute Gasteiger partial charge is 0.343 e. The SMILES string of the molecule is CCCN(CCCCl)C(C)=O. The number of halogens is 1. The number of amides is 1. The van der Waals surface area contributed by atoms with Crippen molar-refractivity contribution in [2.45, 2.75) is 26.7 Å². The van der Waals surface area contributed by atoms with Gasteiger partial charge in [-0.15, -0.1) is 11.6 Å². The third-order valence-corrected chi connectivity index (χ3v) is 1.77. The first-order valence-corrected chi connectivity index (χ1v) is 4.57. The highest BCUT2D eigenvalue weighted by molar-refractivity contribution is 6.17. The molecular weight excluding hydrogens is 162 g/mol. The molecule has 3 heteroatoms. The fourth-order valence-corrected chi connectivity index (χ4v) is 1.07. The van der Waals surface area contributed by atoms with Gasteiger partial charge in [0.05, 0.1) is 0 Å². The summed E-state index contributed by atoms with van der Waals surface area (Å²) in [6.45, 7) is 5.32. The van der Waals surface area contributed by atoms with Crippen molar-refractivity contribution in [1.29, 1.82) is 0 Å². The van der Waals surface area contributed by atoms with Gasteiger partial charge in [-0.2, -0.15) is 0 Å². The summed E-state index contributed by atoms with van der Waals surface area (Å²) in [5.74, 6) is 0.782. The lowest BCUT2D eigenvalue weighted by molar-refractivity contribution is -0.128. The van der Waals surface area contributed by atoms with Gasteiger partial charge in [-0.1, -0.05) is 6.92 Å². The van der Waals surface area contributed by atoms with E-state index in [-0.39, 0.29) is 5.91 Å². The Bertz CT molecular complexity index is 117. The second-order valence-corrected chi connectivity index (χ2v) is 2.93. The first-order valence-electron chi connectivity index (χ1n) is 4.03. The Morgan fingerprint density at radius 1 is 1.45 bits per heavy atom. The number of rotatable bonds is 5. The van der Waals surface area contributed by atoms with E-state index in [1.165, 1.54) is 0 Å². The van der Waals surface area contributed by atoms with Crippen molar-refractivity contribution in [3.05, 3.63) is 0 Å². The molecule has 2 nitrogen and oxygen atoms in total. The second-order valence-electron chi connectivity index (χ2n) is 2.55. The number of carbonyl (C=O) groups excluding carboxylic acids is 1. The van der Waals surface area contributed by atoms with Crippen molar-refractivity contribution < 1.29 is 4.79 Å². The molecule has 0 fully saturated rings. The van der Waals surface area contributed by atoms with Crippen molar-refractivity contribution >= 4 is 17.5 Å². The van der Waals surface area contributed by atoms with Crippen molar-refractivity contribution in [1.82, 2.24) is 4.90 Å². The molecule has 0 aromatic carbocycles. The van der Waals surface area contributed by atoms with Crippen LogP contribution in [0.2, 0.25) is 0 Å². The molecule has 0 radical (unpaired) electrons. The van der Waals surface area contributed by atoms with Gasteiger partial charge in [0.25, 0.3) is 0 Å². The van der Waals surface area contributed by atoms with Crippen LogP contribution in [0.25, 0.3) is 0 Å². The topological polar surface area (TPSA) is 20.3 Å². The number of nitrogens with zero attached hydrogens (tertiary/aromatic N) is 1. The van der Waals surface area contributed by atoms with E-state index < -0.39 is 0 Å². The third-order valence-electron chi connectivity index (χ3n) is 1.50. The van der Waals surface area contributed by atoms with Crippen LogP contribution in [0.15, 0.2) is 0 Å². The Hall–Kier alpha value is -0.240. The zero-order valence-corrected chi connectivity index (χ0v) is 8.02. The molecule has 0 saturated carbocycles. The van der Waals surface area contributed by atoms with Crippen molar-refractivity contribution in [2.75, 3.05) is 19.0 Å². The maximum atomic E-state index is 10.9. The van der Waals surface area contributed by atoms with Crippen LogP contribution < -0.4 is 0 Å². The first kappa shape index (κ1) is 10.8. The summed E-state index contributed by atoms with van der Waals surface area (Å²) in [5, 5.41) is 0. The predicted molar refractivity (Wildman–Crippen MR) is 47.9 cm³/mol. The number of hydrogen-bond donors (Lipinski definition) is 0. The van der Waals surface area contributed by atoms with Crippen molar-refractivity contribution in [3.8, 4) is 0 Å². The molecule has 0 spiro atoms. The fraction of sp³-hybridized carbons (Fsp3) is 0.875. The molecule has 0 aromatic heterocycles. The van der Waals surface area contributed by atoms with Crippen LogP contribution in [-0.4, -0.2) is 29.8 Å². The molecule has 0 heterocycles. The Labute approximate surface area is 73.5 Å². The molecular formula is C8H16ClNO.